The van der Waals surface area contributed by atoms with Gasteiger partial charge in [0.15, 0.2) is 0 Å². The van der Waals surface area contributed by atoms with Gasteiger partial charge >= 0.3 is 0 Å². The zero-order valence-corrected chi connectivity index (χ0v) is 8.94. The van der Waals surface area contributed by atoms with Crippen molar-refractivity contribution in [1.29, 1.82) is 0 Å². The molecule has 15 heavy (non-hydrogen) atoms. The molecule has 0 aromatic carbocycles. The van der Waals surface area contributed by atoms with Crippen LogP contribution in [0.5, 0.6) is 0 Å². The second-order valence-corrected chi connectivity index (χ2v) is 4.03. The molecule has 0 radical (unpaired) electrons. The van der Waals surface area contributed by atoms with E-state index in [4.69, 9.17) is 0 Å². The Hall–Kier alpha value is -1.44. The molecule has 0 saturated carbocycles. The summed E-state index contributed by atoms with van der Waals surface area (Å²) in [7, 11) is 0. The van der Waals surface area contributed by atoms with Crippen LogP contribution in [0, 0.1) is 5.92 Å². The lowest BCUT2D eigenvalue weighted by Crippen LogP contribution is -2.13. The number of ketones is 1. The number of hydrogen-bond acceptors (Lipinski definition) is 2. The Kier molecular flexibility index (Phi) is 2.95. The van der Waals surface area contributed by atoms with Crippen molar-refractivity contribution in [3.63, 3.8) is 0 Å². The van der Waals surface area contributed by atoms with Gasteiger partial charge in [0.25, 0.3) is 0 Å². The van der Waals surface area contributed by atoms with E-state index in [-0.39, 0.29) is 5.92 Å². The molecule has 0 fully saturated rings. The van der Waals surface area contributed by atoms with Crippen LogP contribution < -0.4 is 0 Å². The quantitative estimate of drug-likeness (QED) is 0.736. The van der Waals surface area contributed by atoms with E-state index in [1.54, 1.807) is 6.92 Å². The number of aromatic nitrogens is 1. The molecule has 2 nitrogen and oxygen atoms in total. The summed E-state index contributed by atoms with van der Waals surface area (Å²) in [4.78, 5) is 15.5. The minimum Gasteiger partial charge on any atom is -0.300 e. The fourth-order valence-electron chi connectivity index (χ4n) is 1.99. The summed E-state index contributed by atoms with van der Waals surface area (Å²) in [5, 5.41) is 0. The average Bonchev–Trinajstić information content (AvgIpc) is 2.30. The molecular weight excluding hydrogens is 186 g/mol. The lowest BCUT2D eigenvalue weighted by molar-refractivity contribution is -0.120. The highest BCUT2D eigenvalue weighted by molar-refractivity contribution is 5.80. The summed E-state index contributed by atoms with van der Waals surface area (Å²) < 4.78 is 0. The van der Waals surface area contributed by atoms with E-state index in [2.05, 4.69) is 11.1 Å². The number of hydrogen-bond donors (Lipinski definition) is 0. The van der Waals surface area contributed by atoms with Gasteiger partial charge < -0.3 is 0 Å². The Morgan fingerprint density at radius 1 is 1.47 bits per heavy atom. The first-order valence-corrected chi connectivity index (χ1v) is 5.38. The molecule has 2 heteroatoms. The lowest BCUT2D eigenvalue weighted by atomic mass is 9.86. The molecular formula is C13H15NO. The summed E-state index contributed by atoms with van der Waals surface area (Å²) in [6.45, 7) is 1.68. The van der Waals surface area contributed by atoms with Crippen molar-refractivity contribution in [3.05, 3.63) is 36.2 Å². The van der Waals surface area contributed by atoms with Crippen LogP contribution in [-0.2, 0) is 4.79 Å². The molecule has 0 N–H and O–H groups in total. The Bertz CT molecular complexity index is 381. The third kappa shape index (κ3) is 2.32. The van der Waals surface area contributed by atoms with Crippen LogP contribution >= 0.6 is 0 Å². The molecule has 78 valence electrons. The SMILES string of the molecule is CC(=O)C1CC=C(c2ccccn2)CC1. The van der Waals surface area contributed by atoms with Crippen molar-refractivity contribution in [1.82, 2.24) is 4.98 Å². The third-order valence-electron chi connectivity index (χ3n) is 2.98. The van der Waals surface area contributed by atoms with E-state index in [1.165, 1.54) is 5.57 Å². The Labute approximate surface area is 90.0 Å². The van der Waals surface area contributed by atoms with Crippen LogP contribution in [0.3, 0.4) is 0 Å². The van der Waals surface area contributed by atoms with E-state index >= 15 is 0 Å². The van der Waals surface area contributed by atoms with Crippen molar-refractivity contribution in [2.24, 2.45) is 5.92 Å². The van der Waals surface area contributed by atoms with Gasteiger partial charge in [0.05, 0.1) is 5.69 Å². The number of allylic oxidation sites excluding steroid dienone is 2. The minimum absolute atomic E-state index is 0.234. The smallest absolute Gasteiger partial charge is 0.133 e. The molecule has 1 unspecified atom stereocenters. The Morgan fingerprint density at radius 3 is 2.87 bits per heavy atom. The van der Waals surface area contributed by atoms with Gasteiger partial charge in [-0.15, -0.1) is 0 Å². The summed E-state index contributed by atoms with van der Waals surface area (Å²) >= 11 is 0. The van der Waals surface area contributed by atoms with Gasteiger partial charge in [-0.25, -0.2) is 0 Å². The van der Waals surface area contributed by atoms with Gasteiger partial charge in [-0.3, -0.25) is 9.78 Å². The molecule has 1 aliphatic rings. The van der Waals surface area contributed by atoms with Crippen molar-refractivity contribution in [3.8, 4) is 0 Å². The Morgan fingerprint density at radius 2 is 2.33 bits per heavy atom. The van der Waals surface area contributed by atoms with Crippen LogP contribution in [0.1, 0.15) is 31.9 Å². The van der Waals surface area contributed by atoms with Crippen LogP contribution in [0.15, 0.2) is 30.5 Å². The first-order valence-electron chi connectivity index (χ1n) is 5.38. The second-order valence-electron chi connectivity index (χ2n) is 4.03. The highest BCUT2D eigenvalue weighted by Gasteiger charge is 2.18. The molecule has 1 aromatic rings. The van der Waals surface area contributed by atoms with Gasteiger partial charge in [-0.2, -0.15) is 0 Å². The molecule has 1 heterocycles. The summed E-state index contributed by atoms with van der Waals surface area (Å²) in [5.74, 6) is 0.545. The fourth-order valence-corrected chi connectivity index (χ4v) is 1.99. The van der Waals surface area contributed by atoms with E-state index in [0.717, 1.165) is 25.0 Å². The largest absolute Gasteiger partial charge is 0.300 e. The van der Waals surface area contributed by atoms with Gasteiger partial charge in [0.2, 0.25) is 0 Å². The molecule has 1 atom stereocenters. The van der Waals surface area contributed by atoms with Crippen molar-refractivity contribution < 1.29 is 4.79 Å². The average molecular weight is 201 g/mol. The lowest BCUT2D eigenvalue weighted by Gasteiger charge is -2.19. The van der Waals surface area contributed by atoms with E-state index in [9.17, 15) is 4.79 Å². The monoisotopic (exact) mass is 201 g/mol. The van der Waals surface area contributed by atoms with E-state index in [0.29, 0.717) is 5.78 Å². The number of pyridine rings is 1. The number of Topliss-reactive ketones (excluding diaryl/α,β-unsaturated/α-hetero) is 1. The topological polar surface area (TPSA) is 30.0 Å². The maximum atomic E-state index is 11.2. The molecule has 0 saturated heterocycles. The zero-order chi connectivity index (χ0) is 10.7. The molecule has 0 bridgehead atoms. The molecule has 0 aliphatic heterocycles. The van der Waals surface area contributed by atoms with Crippen LogP contribution in [0.25, 0.3) is 5.57 Å². The predicted octanol–water partition coefficient (Wildman–Crippen LogP) is 2.85. The fraction of sp³-hybridized carbons (Fsp3) is 0.385. The van der Waals surface area contributed by atoms with Crippen LogP contribution in [0.2, 0.25) is 0 Å². The zero-order valence-electron chi connectivity index (χ0n) is 8.94. The van der Waals surface area contributed by atoms with E-state index in [1.807, 2.05) is 24.4 Å². The van der Waals surface area contributed by atoms with Crippen LogP contribution in [0.4, 0.5) is 0 Å². The van der Waals surface area contributed by atoms with Gasteiger partial charge in [0.1, 0.15) is 5.78 Å². The van der Waals surface area contributed by atoms with Gasteiger partial charge in [-0.05, 0) is 43.9 Å². The van der Waals surface area contributed by atoms with Crippen LogP contribution in [-0.4, -0.2) is 10.8 Å². The van der Waals surface area contributed by atoms with Crippen molar-refractivity contribution in [2.75, 3.05) is 0 Å². The Balaban J connectivity index is 2.12. The number of carbonyl (C=O) groups is 1. The highest BCUT2D eigenvalue weighted by Crippen LogP contribution is 2.29. The third-order valence-corrected chi connectivity index (χ3v) is 2.98. The van der Waals surface area contributed by atoms with Crippen molar-refractivity contribution >= 4 is 11.4 Å². The number of rotatable bonds is 2. The summed E-state index contributed by atoms with van der Waals surface area (Å²) in [6, 6.07) is 5.95. The van der Waals surface area contributed by atoms with Crippen molar-refractivity contribution in [2.45, 2.75) is 26.2 Å². The summed E-state index contributed by atoms with van der Waals surface area (Å²) in [6.07, 6.45) is 6.80. The second kappa shape index (κ2) is 4.39. The maximum Gasteiger partial charge on any atom is 0.133 e. The van der Waals surface area contributed by atoms with E-state index < -0.39 is 0 Å². The molecule has 2 rings (SSSR count). The highest BCUT2D eigenvalue weighted by atomic mass is 16.1. The van der Waals surface area contributed by atoms with Gasteiger partial charge in [0, 0.05) is 12.1 Å². The first-order chi connectivity index (χ1) is 7.27. The molecule has 1 aromatic heterocycles. The predicted molar refractivity (Wildman–Crippen MR) is 60.2 cm³/mol. The molecule has 0 spiro atoms. The number of nitrogens with zero attached hydrogens (tertiary/aromatic N) is 1. The number of carbonyl (C=O) groups excluding carboxylic acids is 1. The normalized spacial score (nSPS) is 20.9. The molecule has 0 amide bonds. The maximum absolute atomic E-state index is 11.2. The van der Waals surface area contributed by atoms with Gasteiger partial charge in [-0.1, -0.05) is 12.1 Å². The first kappa shape index (κ1) is 10.1. The molecule has 1 aliphatic carbocycles. The summed E-state index contributed by atoms with van der Waals surface area (Å²) in [5.41, 5.74) is 2.34. The minimum atomic E-state index is 0.234. The standard InChI is InChI=1S/C13H15NO/c1-10(15)11-5-7-12(8-6-11)13-4-2-3-9-14-13/h2-4,7,9,11H,5-6,8H2,1H3.